The molecule has 9 heavy (non-hydrogen) atoms. The van der Waals surface area contributed by atoms with E-state index in [1.165, 1.54) is 0 Å². The molecule has 0 unspecified atom stereocenters. The van der Waals surface area contributed by atoms with E-state index in [9.17, 15) is 0 Å². The Morgan fingerprint density at radius 1 is 0.889 bits per heavy atom. The van der Waals surface area contributed by atoms with E-state index in [2.05, 4.69) is 0 Å². The van der Waals surface area contributed by atoms with E-state index in [0.717, 1.165) is 0 Å². The molecule has 0 aliphatic carbocycles. The maximum absolute atomic E-state index is 8.52. The second kappa shape index (κ2) is 11.1. The van der Waals surface area contributed by atoms with Gasteiger partial charge in [-0.15, -0.1) is 0 Å². The quantitative estimate of drug-likeness (QED) is 0.224. The van der Waals surface area contributed by atoms with Gasteiger partial charge >= 0.3 is 17.1 Å². The van der Waals surface area contributed by atoms with E-state index in [1.807, 2.05) is 0 Å². The summed E-state index contributed by atoms with van der Waals surface area (Å²) in [6, 6.07) is 0. The molecule has 0 aliphatic heterocycles. The summed E-state index contributed by atoms with van der Waals surface area (Å²) in [5, 5.41) is 0. The van der Waals surface area contributed by atoms with Gasteiger partial charge in [-0.3, -0.25) is 8.42 Å². The topological polar surface area (TPSA) is 175 Å². The number of hydrogen-bond acceptors (Lipinski definition) is 4. The van der Waals surface area contributed by atoms with Gasteiger partial charge in [0.2, 0.25) is 0 Å². The van der Waals surface area contributed by atoms with Crippen LogP contribution in [-0.4, -0.2) is 34.0 Å². The second-order valence-corrected chi connectivity index (χ2v) is 1.22. The standard InChI is InChI=1S/Mn.H2O4S.3H2O/c;1-5(2,3)4;;;/h;(H2,1,2,3,4);3*1H2/q+2;;;;/p-2. The molecule has 9 heteroatoms. The van der Waals surface area contributed by atoms with Gasteiger partial charge in [-0.1, -0.05) is 0 Å². The molecule has 0 rings (SSSR count). The molecule has 0 spiro atoms. The van der Waals surface area contributed by atoms with Crippen molar-refractivity contribution in [2.75, 3.05) is 0 Å². The van der Waals surface area contributed by atoms with Crippen LogP contribution in [0.1, 0.15) is 0 Å². The smallest absolute Gasteiger partial charge is 0.759 e. The van der Waals surface area contributed by atoms with Gasteiger partial charge in [0, 0.05) is 10.4 Å². The van der Waals surface area contributed by atoms with Crippen LogP contribution in [0.3, 0.4) is 0 Å². The number of rotatable bonds is 0. The van der Waals surface area contributed by atoms with E-state index >= 15 is 0 Å². The van der Waals surface area contributed by atoms with Gasteiger partial charge in [0.1, 0.15) is 0 Å². The molecule has 0 aromatic rings. The van der Waals surface area contributed by atoms with E-state index in [1.54, 1.807) is 0 Å². The summed E-state index contributed by atoms with van der Waals surface area (Å²) in [6.07, 6.45) is 0. The minimum Gasteiger partial charge on any atom is -0.759 e. The van der Waals surface area contributed by atoms with Gasteiger partial charge in [0.05, 0.1) is 0 Å². The third kappa shape index (κ3) is 4480. The van der Waals surface area contributed by atoms with Crippen molar-refractivity contribution in [2.24, 2.45) is 0 Å². The Bertz CT molecular complexity index is 92.1. The third-order valence-electron chi connectivity index (χ3n) is 0. The van der Waals surface area contributed by atoms with Crippen molar-refractivity contribution in [2.45, 2.75) is 0 Å². The summed E-state index contributed by atoms with van der Waals surface area (Å²) < 4.78 is 34.1. The molecule has 0 saturated heterocycles. The fourth-order valence-electron chi connectivity index (χ4n) is 0. The molecule has 0 amide bonds. The average Bonchev–Trinajstić information content (AvgIpc) is 0.722. The first-order valence-electron chi connectivity index (χ1n) is 0.667. The van der Waals surface area contributed by atoms with Gasteiger partial charge in [-0.25, -0.2) is 0 Å². The molecule has 0 heterocycles. The van der Waals surface area contributed by atoms with Crippen LogP contribution in [-0.2, 0) is 27.5 Å². The normalized spacial score (nSPS) is 6.44. The minimum absolute atomic E-state index is 0. The first-order valence-corrected chi connectivity index (χ1v) is 2.00. The van der Waals surface area contributed by atoms with Gasteiger partial charge < -0.3 is 25.5 Å². The van der Waals surface area contributed by atoms with E-state index in [4.69, 9.17) is 17.5 Å². The Morgan fingerprint density at radius 3 is 0.889 bits per heavy atom. The molecular formula is H6MnO7S. The SMILES string of the molecule is O.O.O.O=S(=O)([O-])[O-].[Mn+2]. The van der Waals surface area contributed by atoms with Crippen molar-refractivity contribution >= 4 is 10.4 Å². The zero-order chi connectivity index (χ0) is 4.50. The third-order valence-corrected chi connectivity index (χ3v) is 0. The summed E-state index contributed by atoms with van der Waals surface area (Å²) in [5.41, 5.74) is 0. The van der Waals surface area contributed by atoms with Gasteiger partial charge in [0.25, 0.3) is 0 Å². The van der Waals surface area contributed by atoms with Crippen molar-refractivity contribution in [3.05, 3.63) is 0 Å². The summed E-state index contributed by atoms with van der Waals surface area (Å²) >= 11 is 0. The molecule has 61 valence electrons. The molecular weight excluding hydrogens is 199 g/mol. The summed E-state index contributed by atoms with van der Waals surface area (Å²) in [6.45, 7) is 0. The Kier molecular flexibility index (Phi) is 43.0. The summed E-state index contributed by atoms with van der Waals surface area (Å²) in [5.74, 6) is 0. The Hall–Kier alpha value is 0.269. The monoisotopic (exact) mass is 205 g/mol. The summed E-state index contributed by atoms with van der Waals surface area (Å²) in [4.78, 5) is 0. The fourth-order valence-corrected chi connectivity index (χ4v) is 0. The maximum atomic E-state index is 8.52. The second-order valence-electron chi connectivity index (χ2n) is 0.408. The Balaban J connectivity index is -0.0000000133. The maximum Gasteiger partial charge on any atom is 2.00 e. The van der Waals surface area contributed by atoms with E-state index < -0.39 is 10.4 Å². The largest absolute Gasteiger partial charge is 2.00 e. The van der Waals surface area contributed by atoms with Crippen molar-refractivity contribution in [3.63, 3.8) is 0 Å². The molecule has 0 bridgehead atoms. The van der Waals surface area contributed by atoms with E-state index in [0.29, 0.717) is 0 Å². The molecule has 0 aromatic heterocycles. The van der Waals surface area contributed by atoms with Crippen LogP contribution in [0.4, 0.5) is 0 Å². The van der Waals surface area contributed by atoms with Crippen LogP contribution in [0.15, 0.2) is 0 Å². The number of hydrogen-bond donors (Lipinski definition) is 0. The van der Waals surface area contributed by atoms with Crippen LogP contribution in [0.2, 0.25) is 0 Å². The predicted octanol–water partition coefficient (Wildman–Crippen LogP) is -3.81. The zero-order valence-corrected chi connectivity index (χ0v) is 5.92. The van der Waals surface area contributed by atoms with Gasteiger partial charge in [-0.05, 0) is 0 Å². The molecule has 0 atom stereocenters. The molecule has 1 radical (unpaired) electrons. The van der Waals surface area contributed by atoms with Crippen molar-refractivity contribution in [1.29, 1.82) is 0 Å². The van der Waals surface area contributed by atoms with Crippen LogP contribution in [0, 0.1) is 0 Å². The predicted molar refractivity (Wildman–Crippen MR) is 21.3 cm³/mol. The Labute approximate surface area is 62.0 Å². The molecule has 0 aliphatic rings. The Morgan fingerprint density at radius 2 is 0.889 bits per heavy atom. The van der Waals surface area contributed by atoms with Crippen LogP contribution < -0.4 is 0 Å². The average molecular weight is 205 g/mol. The van der Waals surface area contributed by atoms with Gasteiger partial charge in [0.15, 0.2) is 0 Å². The zero-order valence-electron chi connectivity index (χ0n) is 3.92. The van der Waals surface area contributed by atoms with E-state index in [-0.39, 0.29) is 33.5 Å². The van der Waals surface area contributed by atoms with Crippen molar-refractivity contribution < 1.29 is 51.0 Å². The van der Waals surface area contributed by atoms with Crippen molar-refractivity contribution in [3.8, 4) is 0 Å². The molecule has 6 N–H and O–H groups in total. The molecule has 7 nitrogen and oxygen atoms in total. The van der Waals surface area contributed by atoms with Crippen molar-refractivity contribution in [1.82, 2.24) is 0 Å². The van der Waals surface area contributed by atoms with Crippen LogP contribution in [0.5, 0.6) is 0 Å². The summed E-state index contributed by atoms with van der Waals surface area (Å²) in [7, 11) is -5.17. The van der Waals surface area contributed by atoms with Crippen LogP contribution in [0.25, 0.3) is 0 Å². The molecule has 0 aromatic carbocycles. The van der Waals surface area contributed by atoms with Crippen LogP contribution >= 0.6 is 0 Å². The fraction of sp³-hybridized carbons (Fsp3) is 0. The molecule has 0 saturated carbocycles. The first-order chi connectivity index (χ1) is 2.00. The first kappa shape index (κ1) is 34.8. The minimum atomic E-state index is -5.17. The van der Waals surface area contributed by atoms with Gasteiger partial charge in [-0.2, -0.15) is 0 Å². The molecule has 0 fully saturated rings.